The molecule has 3 rings (SSSR count). The van der Waals surface area contributed by atoms with Crippen LogP contribution in [0.3, 0.4) is 0 Å². The number of nitrogens with one attached hydrogen (secondary N) is 2. The maximum absolute atomic E-state index is 12.1. The number of rotatable bonds is 3. The number of ketones is 1. The van der Waals surface area contributed by atoms with Crippen molar-refractivity contribution in [2.75, 3.05) is 11.9 Å². The first kappa shape index (κ1) is 15.1. The van der Waals surface area contributed by atoms with Gasteiger partial charge in [-0.25, -0.2) is 4.79 Å². The van der Waals surface area contributed by atoms with E-state index in [-0.39, 0.29) is 17.9 Å². The van der Waals surface area contributed by atoms with Gasteiger partial charge >= 0.3 is 6.03 Å². The van der Waals surface area contributed by atoms with Crippen LogP contribution in [-0.4, -0.2) is 24.5 Å². The second-order valence-corrected chi connectivity index (χ2v) is 5.56. The largest absolute Gasteiger partial charge is 0.491 e. The summed E-state index contributed by atoms with van der Waals surface area (Å²) >= 11 is 0. The SMILES string of the molecule is CC(=O)c1cccc(NC(=O)N[C@@H]2COc3ccccc3C2)c1. The van der Waals surface area contributed by atoms with Crippen molar-refractivity contribution in [1.29, 1.82) is 0 Å². The number of Topliss-reactive ketones (excluding diaryl/α,β-unsaturated/α-hetero) is 1. The first-order valence-corrected chi connectivity index (χ1v) is 7.51. The van der Waals surface area contributed by atoms with Crippen molar-refractivity contribution < 1.29 is 14.3 Å². The highest BCUT2D eigenvalue weighted by atomic mass is 16.5. The van der Waals surface area contributed by atoms with E-state index in [9.17, 15) is 9.59 Å². The Morgan fingerprint density at radius 3 is 2.78 bits per heavy atom. The maximum atomic E-state index is 12.1. The van der Waals surface area contributed by atoms with Crippen molar-refractivity contribution in [3.05, 3.63) is 59.7 Å². The van der Waals surface area contributed by atoms with Gasteiger partial charge < -0.3 is 15.4 Å². The van der Waals surface area contributed by atoms with Gasteiger partial charge in [-0.1, -0.05) is 30.3 Å². The van der Waals surface area contributed by atoms with Gasteiger partial charge in [0.25, 0.3) is 0 Å². The smallest absolute Gasteiger partial charge is 0.319 e. The van der Waals surface area contributed by atoms with E-state index in [4.69, 9.17) is 4.74 Å². The van der Waals surface area contributed by atoms with Crippen molar-refractivity contribution in [3.63, 3.8) is 0 Å². The topological polar surface area (TPSA) is 67.4 Å². The number of hydrogen-bond donors (Lipinski definition) is 2. The van der Waals surface area contributed by atoms with Crippen LogP contribution < -0.4 is 15.4 Å². The molecule has 2 aromatic rings. The number of hydrogen-bond acceptors (Lipinski definition) is 3. The number of carbonyl (C=O) groups is 2. The molecule has 23 heavy (non-hydrogen) atoms. The summed E-state index contributed by atoms with van der Waals surface area (Å²) in [4.78, 5) is 23.5. The molecule has 0 saturated heterocycles. The van der Waals surface area contributed by atoms with Gasteiger partial charge in [-0.15, -0.1) is 0 Å². The third-order valence-corrected chi connectivity index (χ3v) is 3.74. The summed E-state index contributed by atoms with van der Waals surface area (Å²) in [6, 6.07) is 14.3. The maximum Gasteiger partial charge on any atom is 0.319 e. The fraction of sp³-hybridized carbons (Fsp3) is 0.222. The van der Waals surface area contributed by atoms with Crippen LogP contribution in [0.15, 0.2) is 48.5 Å². The standard InChI is InChI=1S/C18H18N2O3/c1-12(21)13-6-4-7-15(9-13)19-18(22)20-16-10-14-5-2-3-8-17(14)23-11-16/h2-9,16H,10-11H2,1H3,(H2,19,20,22)/t16-/m0/s1. The highest BCUT2D eigenvalue weighted by molar-refractivity contribution is 5.96. The number of fused-ring (bicyclic) bond motifs is 1. The lowest BCUT2D eigenvalue weighted by molar-refractivity contribution is 0.101. The molecule has 1 atom stereocenters. The Hall–Kier alpha value is -2.82. The first-order valence-electron chi connectivity index (χ1n) is 7.51. The van der Waals surface area contributed by atoms with Crippen LogP contribution in [0.2, 0.25) is 0 Å². The lowest BCUT2D eigenvalue weighted by atomic mass is 10.0. The van der Waals surface area contributed by atoms with Crippen molar-refractivity contribution >= 4 is 17.5 Å². The molecular weight excluding hydrogens is 292 g/mol. The minimum Gasteiger partial charge on any atom is -0.491 e. The second-order valence-electron chi connectivity index (χ2n) is 5.56. The van der Waals surface area contributed by atoms with E-state index in [0.29, 0.717) is 17.9 Å². The molecule has 0 radical (unpaired) electrons. The molecule has 1 aliphatic rings. The van der Waals surface area contributed by atoms with E-state index in [1.807, 2.05) is 24.3 Å². The molecule has 2 aromatic carbocycles. The average molecular weight is 310 g/mol. The zero-order chi connectivity index (χ0) is 16.2. The number of urea groups is 1. The molecule has 5 nitrogen and oxygen atoms in total. The van der Waals surface area contributed by atoms with E-state index < -0.39 is 0 Å². The predicted octanol–water partition coefficient (Wildman–Crippen LogP) is 3.01. The lowest BCUT2D eigenvalue weighted by Gasteiger charge is -2.26. The minimum absolute atomic E-state index is 0.0358. The Balaban J connectivity index is 1.60. The van der Waals surface area contributed by atoms with E-state index in [1.165, 1.54) is 6.92 Å². The van der Waals surface area contributed by atoms with Crippen LogP contribution in [0.1, 0.15) is 22.8 Å². The summed E-state index contributed by atoms with van der Waals surface area (Å²) in [6.45, 7) is 1.94. The molecule has 2 N–H and O–H groups in total. The Labute approximate surface area is 134 Å². The molecule has 0 unspecified atom stereocenters. The quantitative estimate of drug-likeness (QED) is 0.856. The van der Waals surface area contributed by atoms with Crippen LogP contribution >= 0.6 is 0 Å². The number of benzene rings is 2. The van der Waals surface area contributed by atoms with E-state index in [2.05, 4.69) is 10.6 Å². The number of ether oxygens (including phenoxy) is 1. The van der Waals surface area contributed by atoms with Crippen molar-refractivity contribution in [3.8, 4) is 5.75 Å². The minimum atomic E-state index is -0.307. The zero-order valence-electron chi connectivity index (χ0n) is 12.8. The first-order chi connectivity index (χ1) is 11.1. The van der Waals surface area contributed by atoms with Crippen LogP contribution in [0.5, 0.6) is 5.75 Å². The molecule has 5 heteroatoms. The van der Waals surface area contributed by atoms with Crippen LogP contribution in [-0.2, 0) is 6.42 Å². The predicted molar refractivity (Wildman–Crippen MR) is 88.0 cm³/mol. The van der Waals surface area contributed by atoms with Crippen molar-refractivity contribution in [2.45, 2.75) is 19.4 Å². The lowest BCUT2D eigenvalue weighted by Crippen LogP contribution is -2.44. The molecule has 0 spiro atoms. The van der Waals surface area contributed by atoms with E-state index >= 15 is 0 Å². The molecule has 0 saturated carbocycles. The molecule has 1 heterocycles. The number of carbonyl (C=O) groups excluding carboxylic acids is 2. The summed E-state index contributed by atoms with van der Waals surface area (Å²) in [5.74, 6) is 0.839. The summed E-state index contributed by atoms with van der Waals surface area (Å²) in [5, 5.41) is 5.65. The summed E-state index contributed by atoms with van der Waals surface area (Å²) in [5.41, 5.74) is 2.24. The normalized spacial score (nSPS) is 16.0. The average Bonchev–Trinajstić information content (AvgIpc) is 2.55. The monoisotopic (exact) mass is 310 g/mol. The van der Waals surface area contributed by atoms with Crippen LogP contribution in [0.25, 0.3) is 0 Å². The molecule has 118 valence electrons. The van der Waals surface area contributed by atoms with Crippen LogP contribution in [0, 0.1) is 0 Å². The molecule has 0 aliphatic carbocycles. The van der Waals surface area contributed by atoms with Crippen molar-refractivity contribution in [2.24, 2.45) is 0 Å². The summed E-state index contributed by atoms with van der Waals surface area (Å²) in [7, 11) is 0. The van der Waals surface area contributed by atoms with Gasteiger partial charge in [-0.05, 0) is 37.1 Å². The second kappa shape index (κ2) is 6.52. The van der Waals surface area contributed by atoms with E-state index in [0.717, 1.165) is 17.7 Å². The molecular formula is C18H18N2O3. The highest BCUT2D eigenvalue weighted by Gasteiger charge is 2.21. The summed E-state index contributed by atoms with van der Waals surface area (Å²) in [6.07, 6.45) is 0.733. The zero-order valence-corrected chi connectivity index (χ0v) is 12.8. The fourth-order valence-corrected chi connectivity index (χ4v) is 2.59. The van der Waals surface area contributed by atoms with Crippen molar-refractivity contribution in [1.82, 2.24) is 5.32 Å². The van der Waals surface area contributed by atoms with Crippen LogP contribution in [0.4, 0.5) is 10.5 Å². The highest BCUT2D eigenvalue weighted by Crippen LogP contribution is 2.23. The molecule has 0 fully saturated rings. The van der Waals surface area contributed by atoms with E-state index in [1.54, 1.807) is 24.3 Å². The summed E-state index contributed by atoms with van der Waals surface area (Å²) < 4.78 is 5.65. The van der Waals surface area contributed by atoms with Gasteiger partial charge in [0.2, 0.25) is 0 Å². The van der Waals surface area contributed by atoms with Gasteiger partial charge in [-0.2, -0.15) is 0 Å². The molecule has 1 aliphatic heterocycles. The van der Waals surface area contributed by atoms with Gasteiger partial charge in [0.1, 0.15) is 12.4 Å². The molecule has 2 amide bonds. The van der Waals surface area contributed by atoms with Gasteiger partial charge in [0, 0.05) is 11.3 Å². The Morgan fingerprint density at radius 1 is 1.13 bits per heavy atom. The molecule has 0 bridgehead atoms. The number of anilines is 1. The molecule has 0 aromatic heterocycles. The number of amides is 2. The Morgan fingerprint density at radius 2 is 1.96 bits per heavy atom. The third-order valence-electron chi connectivity index (χ3n) is 3.74. The Bertz CT molecular complexity index is 743. The Kier molecular flexibility index (Phi) is 4.28. The fourth-order valence-electron chi connectivity index (χ4n) is 2.59. The van der Waals surface area contributed by atoms with Gasteiger partial charge in [0.15, 0.2) is 5.78 Å². The third kappa shape index (κ3) is 3.69. The number of para-hydroxylation sites is 1. The van der Waals surface area contributed by atoms with Gasteiger partial charge in [-0.3, -0.25) is 4.79 Å². The van der Waals surface area contributed by atoms with Gasteiger partial charge in [0.05, 0.1) is 6.04 Å².